The summed E-state index contributed by atoms with van der Waals surface area (Å²) in [4.78, 5) is 23.7. The summed E-state index contributed by atoms with van der Waals surface area (Å²) >= 11 is 0. The highest BCUT2D eigenvalue weighted by Crippen LogP contribution is 2.23. The lowest BCUT2D eigenvalue weighted by atomic mass is 10.2. The number of alkyl halides is 1. The molecule has 1 N–H and O–H groups in total. The standard InChI is InChI=1S/C16H26FNO5/c1-16(2,3)23-15(21)18-10-12(17)9-13(18)11-22-8-6-4-5-7-14(19)20/h5,7,12-13H,4,6,8-11H2,1-3H3,(H,19,20)/b7-5+/t12-,13-/m0/s1. The molecule has 1 amide bonds. The monoisotopic (exact) mass is 331 g/mol. The summed E-state index contributed by atoms with van der Waals surface area (Å²) in [5.41, 5.74) is -0.618. The van der Waals surface area contributed by atoms with E-state index in [2.05, 4.69) is 0 Å². The van der Waals surface area contributed by atoms with Gasteiger partial charge in [-0.15, -0.1) is 0 Å². The number of unbranched alkanes of at least 4 members (excludes halogenated alkanes) is 1. The van der Waals surface area contributed by atoms with Crippen LogP contribution in [-0.2, 0) is 14.3 Å². The van der Waals surface area contributed by atoms with E-state index >= 15 is 0 Å². The van der Waals surface area contributed by atoms with Gasteiger partial charge in [-0.25, -0.2) is 14.0 Å². The van der Waals surface area contributed by atoms with Crippen LogP contribution in [0, 0.1) is 0 Å². The number of hydrogen-bond donors (Lipinski definition) is 1. The van der Waals surface area contributed by atoms with Gasteiger partial charge in [-0.1, -0.05) is 6.08 Å². The number of carbonyl (C=O) groups excluding carboxylic acids is 1. The van der Waals surface area contributed by atoms with Crippen LogP contribution >= 0.6 is 0 Å². The molecule has 0 aromatic heterocycles. The third kappa shape index (κ3) is 7.97. The zero-order valence-electron chi connectivity index (χ0n) is 14.0. The van der Waals surface area contributed by atoms with Crippen molar-refractivity contribution in [1.82, 2.24) is 4.90 Å². The fraction of sp³-hybridized carbons (Fsp3) is 0.750. The highest BCUT2D eigenvalue weighted by atomic mass is 19.1. The minimum absolute atomic E-state index is 0.0320. The summed E-state index contributed by atoms with van der Waals surface area (Å²) in [6.07, 6.45) is 2.59. The number of rotatable bonds is 7. The number of ether oxygens (including phenoxy) is 2. The second-order valence-corrected chi connectivity index (χ2v) is 6.58. The average Bonchev–Trinajstić information content (AvgIpc) is 2.76. The normalized spacial score (nSPS) is 21.8. The molecule has 0 aliphatic carbocycles. The molecule has 7 heteroatoms. The Kier molecular flexibility index (Phi) is 7.48. The molecule has 0 aromatic carbocycles. The fourth-order valence-electron chi connectivity index (χ4n) is 2.27. The topological polar surface area (TPSA) is 76.1 Å². The average molecular weight is 331 g/mol. The quantitative estimate of drug-likeness (QED) is 0.573. The minimum atomic E-state index is -1.06. The predicted octanol–water partition coefficient (Wildman–Crippen LogP) is 2.77. The van der Waals surface area contributed by atoms with Gasteiger partial charge in [0.15, 0.2) is 0 Å². The van der Waals surface area contributed by atoms with E-state index in [1.165, 1.54) is 4.90 Å². The largest absolute Gasteiger partial charge is 0.478 e. The molecule has 1 aliphatic heterocycles. The summed E-state index contributed by atoms with van der Waals surface area (Å²) in [5.74, 6) is -0.973. The summed E-state index contributed by atoms with van der Waals surface area (Å²) in [7, 11) is 0. The van der Waals surface area contributed by atoms with Gasteiger partial charge in [0, 0.05) is 19.1 Å². The molecule has 1 heterocycles. The van der Waals surface area contributed by atoms with Gasteiger partial charge < -0.3 is 14.6 Å². The molecule has 1 fully saturated rings. The summed E-state index contributed by atoms with van der Waals surface area (Å²) in [6, 6.07) is -0.325. The number of carboxylic acids is 1. The maximum Gasteiger partial charge on any atom is 0.410 e. The third-order valence-corrected chi connectivity index (χ3v) is 3.22. The molecular formula is C16H26FNO5. The van der Waals surface area contributed by atoms with Crippen molar-refractivity contribution in [3.8, 4) is 0 Å². The van der Waals surface area contributed by atoms with Gasteiger partial charge in [-0.3, -0.25) is 4.90 Å². The zero-order chi connectivity index (χ0) is 17.5. The molecule has 1 rings (SSSR count). The number of likely N-dealkylation sites (tertiary alicyclic amines) is 1. The first kappa shape index (κ1) is 19.4. The molecule has 1 saturated heterocycles. The number of aliphatic carboxylic acids is 1. The molecule has 0 saturated carbocycles. The van der Waals surface area contributed by atoms with Crippen molar-refractivity contribution in [1.29, 1.82) is 0 Å². The van der Waals surface area contributed by atoms with E-state index in [-0.39, 0.29) is 25.6 Å². The van der Waals surface area contributed by atoms with Crippen LogP contribution in [0.3, 0.4) is 0 Å². The van der Waals surface area contributed by atoms with Gasteiger partial charge in [-0.05, 0) is 33.6 Å². The summed E-state index contributed by atoms with van der Waals surface area (Å²) in [6.45, 7) is 6.02. The highest BCUT2D eigenvalue weighted by Gasteiger charge is 2.37. The molecule has 6 nitrogen and oxygen atoms in total. The van der Waals surface area contributed by atoms with Gasteiger partial charge in [0.1, 0.15) is 11.8 Å². The van der Waals surface area contributed by atoms with Crippen LogP contribution in [-0.4, -0.2) is 59.6 Å². The van der Waals surface area contributed by atoms with Crippen molar-refractivity contribution in [2.45, 2.75) is 57.8 Å². The Morgan fingerprint density at radius 2 is 2.09 bits per heavy atom. The molecule has 0 unspecified atom stereocenters. The smallest absolute Gasteiger partial charge is 0.410 e. The molecule has 132 valence electrons. The maximum absolute atomic E-state index is 13.6. The number of carbonyl (C=O) groups is 2. The molecule has 0 aromatic rings. The van der Waals surface area contributed by atoms with Crippen LogP contribution in [0.1, 0.15) is 40.0 Å². The first-order valence-corrected chi connectivity index (χ1v) is 7.80. The van der Waals surface area contributed by atoms with E-state index in [1.54, 1.807) is 26.8 Å². The fourth-order valence-corrected chi connectivity index (χ4v) is 2.27. The van der Waals surface area contributed by atoms with Crippen molar-refractivity contribution in [2.75, 3.05) is 19.8 Å². The lowest BCUT2D eigenvalue weighted by Crippen LogP contribution is -2.42. The number of nitrogens with zero attached hydrogens (tertiary/aromatic N) is 1. The Hall–Kier alpha value is -1.63. The maximum atomic E-state index is 13.6. The second-order valence-electron chi connectivity index (χ2n) is 6.58. The van der Waals surface area contributed by atoms with Crippen LogP contribution in [0.5, 0.6) is 0 Å². The minimum Gasteiger partial charge on any atom is -0.478 e. The van der Waals surface area contributed by atoms with Crippen molar-refractivity contribution in [3.05, 3.63) is 12.2 Å². The van der Waals surface area contributed by atoms with Gasteiger partial charge in [0.25, 0.3) is 0 Å². The van der Waals surface area contributed by atoms with Gasteiger partial charge in [-0.2, -0.15) is 0 Å². The van der Waals surface area contributed by atoms with Crippen molar-refractivity contribution in [3.63, 3.8) is 0 Å². The molecule has 0 spiro atoms. The van der Waals surface area contributed by atoms with Crippen molar-refractivity contribution < 1.29 is 28.6 Å². The molecular weight excluding hydrogens is 305 g/mol. The number of allylic oxidation sites excluding steroid dienone is 1. The third-order valence-electron chi connectivity index (χ3n) is 3.22. The number of hydrogen-bond acceptors (Lipinski definition) is 4. The van der Waals surface area contributed by atoms with Gasteiger partial charge in [0.05, 0.1) is 19.2 Å². The first-order chi connectivity index (χ1) is 10.7. The second kappa shape index (κ2) is 8.86. The van der Waals surface area contributed by atoms with Crippen LogP contribution in [0.25, 0.3) is 0 Å². The van der Waals surface area contributed by atoms with E-state index in [9.17, 15) is 14.0 Å². The van der Waals surface area contributed by atoms with Gasteiger partial charge >= 0.3 is 12.1 Å². The Labute approximate surface area is 136 Å². The van der Waals surface area contributed by atoms with Crippen LogP contribution in [0.2, 0.25) is 0 Å². The lowest BCUT2D eigenvalue weighted by Gasteiger charge is -2.28. The lowest BCUT2D eigenvalue weighted by molar-refractivity contribution is -0.131. The summed E-state index contributed by atoms with van der Waals surface area (Å²) < 4.78 is 24.4. The Morgan fingerprint density at radius 1 is 1.39 bits per heavy atom. The summed E-state index contributed by atoms with van der Waals surface area (Å²) in [5, 5.41) is 8.44. The Morgan fingerprint density at radius 3 is 2.70 bits per heavy atom. The van der Waals surface area contributed by atoms with Crippen LogP contribution in [0.4, 0.5) is 9.18 Å². The van der Waals surface area contributed by atoms with E-state index in [1.807, 2.05) is 0 Å². The zero-order valence-corrected chi connectivity index (χ0v) is 14.0. The highest BCUT2D eigenvalue weighted by molar-refractivity contribution is 5.79. The van der Waals surface area contributed by atoms with E-state index in [4.69, 9.17) is 14.6 Å². The van der Waals surface area contributed by atoms with E-state index in [0.717, 1.165) is 6.08 Å². The van der Waals surface area contributed by atoms with E-state index in [0.29, 0.717) is 19.4 Å². The van der Waals surface area contributed by atoms with Crippen molar-refractivity contribution in [2.24, 2.45) is 0 Å². The number of amides is 1. The number of halogens is 1. The van der Waals surface area contributed by atoms with Gasteiger partial charge in [0.2, 0.25) is 0 Å². The van der Waals surface area contributed by atoms with Crippen LogP contribution < -0.4 is 0 Å². The number of carboxylic acid groups (broad SMARTS) is 1. The van der Waals surface area contributed by atoms with E-state index < -0.39 is 23.8 Å². The Balaban J connectivity index is 2.33. The first-order valence-electron chi connectivity index (χ1n) is 7.80. The predicted molar refractivity (Wildman–Crippen MR) is 83.1 cm³/mol. The van der Waals surface area contributed by atoms with Crippen LogP contribution in [0.15, 0.2) is 12.2 Å². The Bertz CT molecular complexity index is 433. The molecule has 0 bridgehead atoms. The molecule has 1 aliphatic rings. The SMILES string of the molecule is CC(C)(C)OC(=O)N1C[C@@H](F)C[C@H]1COCCC/C=C/C(=O)O. The molecule has 0 radical (unpaired) electrons. The molecule has 23 heavy (non-hydrogen) atoms. The van der Waals surface area contributed by atoms with Crippen molar-refractivity contribution >= 4 is 12.1 Å². The molecule has 2 atom stereocenters.